The van der Waals surface area contributed by atoms with Crippen LogP contribution in [0.2, 0.25) is 0 Å². The highest BCUT2D eigenvalue weighted by molar-refractivity contribution is 5.94. The fourth-order valence-corrected chi connectivity index (χ4v) is 3.21. The molecule has 0 atom stereocenters. The summed E-state index contributed by atoms with van der Waals surface area (Å²) in [5.41, 5.74) is 1.75. The van der Waals surface area contributed by atoms with E-state index in [9.17, 15) is 14.4 Å². The van der Waals surface area contributed by atoms with E-state index >= 15 is 0 Å². The van der Waals surface area contributed by atoms with Gasteiger partial charge >= 0.3 is 5.97 Å². The molecular formula is C21H22N2O4. The number of aromatic carboxylic acids is 1. The predicted molar refractivity (Wildman–Crippen MR) is 100 cm³/mol. The molecule has 1 aliphatic rings. The van der Waals surface area contributed by atoms with E-state index in [2.05, 4.69) is 5.32 Å². The first-order chi connectivity index (χ1) is 13.0. The first-order valence-corrected chi connectivity index (χ1v) is 8.99. The number of hydrogen-bond acceptors (Lipinski definition) is 3. The maximum atomic E-state index is 12.4. The van der Waals surface area contributed by atoms with Crippen molar-refractivity contribution in [2.45, 2.75) is 19.4 Å². The number of piperidine rings is 1. The number of amides is 2. The molecule has 1 saturated heterocycles. The number of carbonyl (C=O) groups is 3. The summed E-state index contributed by atoms with van der Waals surface area (Å²) >= 11 is 0. The third kappa shape index (κ3) is 4.73. The zero-order chi connectivity index (χ0) is 19.2. The Morgan fingerprint density at radius 2 is 1.56 bits per heavy atom. The summed E-state index contributed by atoms with van der Waals surface area (Å²) in [6.07, 6.45) is 1.28. The summed E-state index contributed by atoms with van der Waals surface area (Å²) in [7, 11) is 0. The third-order valence-corrected chi connectivity index (χ3v) is 4.84. The van der Waals surface area contributed by atoms with E-state index < -0.39 is 5.97 Å². The minimum atomic E-state index is -0.970. The molecule has 27 heavy (non-hydrogen) atoms. The highest BCUT2D eigenvalue weighted by Crippen LogP contribution is 2.19. The normalized spacial score (nSPS) is 14.6. The van der Waals surface area contributed by atoms with Crippen molar-refractivity contribution in [3.63, 3.8) is 0 Å². The Labute approximate surface area is 157 Å². The average Bonchev–Trinajstić information content (AvgIpc) is 2.72. The van der Waals surface area contributed by atoms with Crippen molar-refractivity contribution >= 4 is 17.8 Å². The lowest BCUT2D eigenvalue weighted by Crippen LogP contribution is -2.42. The molecule has 0 saturated carbocycles. The summed E-state index contributed by atoms with van der Waals surface area (Å²) in [6.45, 7) is 1.50. The maximum absolute atomic E-state index is 12.4. The summed E-state index contributed by atoms with van der Waals surface area (Å²) < 4.78 is 0. The van der Waals surface area contributed by atoms with E-state index in [1.165, 1.54) is 12.1 Å². The molecule has 2 N–H and O–H groups in total. The molecule has 1 heterocycles. The molecule has 1 aliphatic heterocycles. The molecule has 1 fully saturated rings. The number of carboxylic acid groups (broad SMARTS) is 1. The predicted octanol–water partition coefficient (Wildman–Crippen LogP) is 2.55. The summed E-state index contributed by atoms with van der Waals surface area (Å²) in [5, 5.41) is 11.8. The summed E-state index contributed by atoms with van der Waals surface area (Å²) in [6, 6.07) is 15.6. The fraction of sp³-hybridized carbons (Fsp3) is 0.286. The first kappa shape index (κ1) is 18.6. The van der Waals surface area contributed by atoms with Crippen molar-refractivity contribution in [3.05, 3.63) is 71.3 Å². The molecule has 6 nitrogen and oxygen atoms in total. The van der Waals surface area contributed by atoms with Crippen LogP contribution >= 0.6 is 0 Å². The van der Waals surface area contributed by atoms with Gasteiger partial charge in [-0.3, -0.25) is 9.59 Å². The number of nitrogens with zero attached hydrogens (tertiary/aromatic N) is 1. The molecule has 140 valence electrons. The molecule has 6 heteroatoms. The van der Waals surface area contributed by atoms with Gasteiger partial charge in [0.2, 0.25) is 5.91 Å². The number of likely N-dealkylation sites (tertiary alicyclic amines) is 1. The van der Waals surface area contributed by atoms with Crippen LogP contribution in [0.3, 0.4) is 0 Å². The quantitative estimate of drug-likeness (QED) is 0.851. The molecule has 3 rings (SSSR count). The Kier molecular flexibility index (Phi) is 5.86. The molecule has 0 bridgehead atoms. The highest BCUT2D eigenvalue weighted by atomic mass is 16.4. The number of hydrogen-bond donors (Lipinski definition) is 2. The Balaban J connectivity index is 1.47. The van der Waals surface area contributed by atoms with E-state index in [1.54, 1.807) is 29.2 Å². The third-order valence-electron chi connectivity index (χ3n) is 4.84. The van der Waals surface area contributed by atoms with Gasteiger partial charge in [-0.25, -0.2) is 4.79 Å². The topological polar surface area (TPSA) is 86.7 Å². The Bertz CT molecular complexity index is 810. The lowest BCUT2D eigenvalue weighted by atomic mass is 9.95. The number of carbonyl (C=O) groups excluding carboxylic acids is 2. The molecule has 0 spiro atoms. The van der Waals surface area contributed by atoms with Gasteiger partial charge in [-0.1, -0.05) is 30.3 Å². The maximum Gasteiger partial charge on any atom is 0.335 e. The summed E-state index contributed by atoms with van der Waals surface area (Å²) in [5.74, 6) is -1.09. The van der Waals surface area contributed by atoms with Gasteiger partial charge < -0.3 is 15.3 Å². The van der Waals surface area contributed by atoms with Crippen LogP contribution in [0.15, 0.2) is 54.6 Å². The molecule has 0 unspecified atom stereocenters. The lowest BCUT2D eigenvalue weighted by molar-refractivity contribution is -0.126. The van der Waals surface area contributed by atoms with Crippen molar-refractivity contribution in [1.82, 2.24) is 10.2 Å². The van der Waals surface area contributed by atoms with Gasteiger partial charge in [-0.15, -0.1) is 0 Å². The second-order valence-electron chi connectivity index (χ2n) is 6.65. The van der Waals surface area contributed by atoms with E-state index in [0.29, 0.717) is 38.0 Å². The number of benzene rings is 2. The van der Waals surface area contributed by atoms with E-state index in [4.69, 9.17) is 5.11 Å². The molecule has 2 aromatic rings. The van der Waals surface area contributed by atoms with Crippen molar-refractivity contribution in [2.24, 2.45) is 5.92 Å². The van der Waals surface area contributed by atoms with Crippen molar-refractivity contribution in [3.8, 4) is 0 Å². The molecular weight excluding hydrogens is 344 g/mol. The standard InChI is InChI=1S/C21H22N2O4/c24-19(22-14-15-6-8-18(9-7-15)21(26)27)16-10-12-23(13-11-16)20(25)17-4-2-1-3-5-17/h1-9,16H,10-14H2,(H,22,24)(H,26,27). The number of carboxylic acids is 1. The van der Waals surface area contributed by atoms with Crippen LogP contribution in [-0.4, -0.2) is 40.9 Å². The van der Waals surface area contributed by atoms with E-state index in [-0.39, 0.29) is 23.3 Å². The van der Waals surface area contributed by atoms with Crippen molar-refractivity contribution < 1.29 is 19.5 Å². The minimum absolute atomic E-state index is 0.00739. The number of nitrogens with one attached hydrogen (secondary N) is 1. The van der Waals surface area contributed by atoms with Crippen LogP contribution in [0.4, 0.5) is 0 Å². The van der Waals surface area contributed by atoms with Gasteiger partial charge in [0.05, 0.1) is 5.56 Å². The van der Waals surface area contributed by atoms with Crippen molar-refractivity contribution in [2.75, 3.05) is 13.1 Å². The SMILES string of the molecule is O=C(O)c1ccc(CNC(=O)C2CCN(C(=O)c3ccccc3)CC2)cc1. The smallest absolute Gasteiger partial charge is 0.335 e. The second-order valence-corrected chi connectivity index (χ2v) is 6.65. The number of rotatable bonds is 5. The Morgan fingerprint density at radius 1 is 0.926 bits per heavy atom. The zero-order valence-corrected chi connectivity index (χ0v) is 14.9. The molecule has 0 aromatic heterocycles. The van der Waals surface area contributed by atoms with Crippen LogP contribution in [0, 0.1) is 5.92 Å². The molecule has 2 aromatic carbocycles. The molecule has 0 radical (unpaired) electrons. The highest BCUT2D eigenvalue weighted by Gasteiger charge is 2.27. The first-order valence-electron chi connectivity index (χ1n) is 8.99. The van der Waals surface area contributed by atoms with Crippen LogP contribution in [0.25, 0.3) is 0 Å². The van der Waals surface area contributed by atoms with Gasteiger partial charge in [-0.2, -0.15) is 0 Å². The van der Waals surface area contributed by atoms with Crippen LogP contribution in [-0.2, 0) is 11.3 Å². The van der Waals surface area contributed by atoms with Crippen LogP contribution in [0.1, 0.15) is 39.1 Å². The Morgan fingerprint density at radius 3 is 2.15 bits per heavy atom. The largest absolute Gasteiger partial charge is 0.478 e. The van der Waals surface area contributed by atoms with E-state index in [1.807, 2.05) is 18.2 Å². The van der Waals surface area contributed by atoms with Gasteiger partial charge in [0.25, 0.3) is 5.91 Å². The van der Waals surface area contributed by atoms with Gasteiger partial charge in [0.1, 0.15) is 0 Å². The van der Waals surface area contributed by atoms with Gasteiger partial charge in [0, 0.05) is 31.1 Å². The van der Waals surface area contributed by atoms with Crippen LogP contribution < -0.4 is 5.32 Å². The average molecular weight is 366 g/mol. The zero-order valence-electron chi connectivity index (χ0n) is 14.9. The Hall–Kier alpha value is -3.15. The van der Waals surface area contributed by atoms with E-state index in [0.717, 1.165) is 5.56 Å². The lowest BCUT2D eigenvalue weighted by Gasteiger charge is -2.31. The fourth-order valence-electron chi connectivity index (χ4n) is 3.21. The monoisotopic (exact) mass is 366 g/mol. The molecule has 0 aliphatic carbocycles. The van der Waals surface area contributed by atoms with Crippen molar-refractivity contribution in [1.29, 1.82) is 0 Å². The second kappa shape index (κ2) is 8.49. The molecule has 2 amide bonds. The van der Waals surface area contributed by atoms with Gasteiger partial charge in [-0.05, 0) is 42.7 Å². The summed E-state index contributed by atoms with van der Waals surface area (Å²) in [4.78, 5) is 37.5. The van der Waals surface area contributed by atoms with Crippen LogP contribution in [0.5, 0.6) is 0 Å². The minimum Gasteiger partial charge on any atom is -0.478 e. The van der Waals surface area contributed by atoms with Gasteiger partial charge in [0.15, 0.2) is 0 Å².